The Kier molecular flexibility index (Phi) is 6.79. The molecule has 0 aliphatic carbocycles. The molecule has 1 atom stereocenters. The summed E-state index contributed by atoms with van der Waals surface area (Å²) in [6, 6.07) is 0. The van der Waals surface area contributed by atoms with Crippen molar-refractivity contribution < 1.29 is 19.1 Å². The fraction of sp³-hybridized carbons (Fsp3) is 0.895. The van der Waals surface area contributed by atoms with Crippen molar-refractivity contribution in [2.75, 3.05) is 6.61 Å². The van der Waals surface area contributed by atoms with Crippen molar-refractivity contribution in [2.45, 2.75) is 88.1 Å². The van der Waals surface area contributed by atoms with E-state index in [4.69, 9.17) is 9.47 Å². The molecule has 1 heterocycles. The lowest BCUT2D eigenvalue weighted by Crippen LogP contribution is -2.36. The van der Waals surface area contributed by atoms with Crippen molar-refractivity contribution >= 4 is 11.6 Å². The van der Waals surface area contributed by atoms with Gasteiger partial charge in [0.1, 0.15) is 0 Å². The van der Waals surface area contributed by atoms with E-state index in [-0.39, 0.29) is 28.9 Å². The Morgan fingerprint density at radius 1 is 0.826 bits per heavy atom. The molecule has 0 spiro atoms. The van der Waals surface area contributed by atoms with Gasteiger partial charge in [0, 0.05) is 10.8 Å². The number of ketones is 2. The smallest absolute Gasteiger partial charge is 0.204 e. The van der Waals surface area contributed by atoms with Crippen molar-refractivity contribution in [3.8, 4) is 0 Å². The Morgan fingerprint density at radius 2 is 1.17 bits per heavy atom. The maximum Gasteiger partial charge on any atom is 0.204 e. The highest BCUT2D eigenvalue weighted by atomic mass is 16.7. The summed E-state index contributed by atoms with van der Waals surface area (Å²) in [5.74, 6) is -0.942. The van der Waals surface area contributed by atoms with Crippen LogP contribution in [0.5, 0.6) is 0 Å². The molecule has 0 aromatic heterocycles. The van der Waals surface area contributed by atoms with E-state index in [0.29, 0.717) is 0 Å². The second-order valence-corrected chi connectivity index (χ2v) is 9.84. The average molecular weight is 328 g/mol. The van der Waals surface area contributed by atoms with Gasteiger partial charge in [0.25, 0.3) is 0 Å². The molecule has 0 amide bonds. The van der Waals surface area contributed by atoms with Crippen LogP contribution in [0.15, 0.2) is 0 Å². The van der Waals surface area contributed by atoms with Crippen LogP contribution < -0.4 is 0 Å². The maximum atomic E-state index is 11.5. The van der Waals surface area contributed by atoms with Crippen LogP contribution in [0, 0.1) is 16.2 Å². The lowest BCUT2D eigenvalue weighted by molar-refractivity contribution is -0.150. The van der Waals surface area contributed by atoms with Crippen LogP contribution in [0.1, 0.15) is 76.2 Å². The topological polar surface area (TPSA) is 52.6 Å². The van der Waals surface area contributed by atoms with E-state index in [1.54, 1.807) is 41.5 Å². The van der Waals surface area contributed by atoms with Gasteiger partial charge >= 0.3 is 0 Å². The normalized spacial score (nSPS) is 21.4. The number of carbonyl (C=O) groups is 2. The molecule has 4 nitrogen and oxygen atoms in total. The first-order valence-corrected chi connectivity index (χ1v) is 8.29. The summed E-state index contributed by atoms with van der Waals surface area (Å²) >= 11 is 0. The fourth-order valence-electron chi connectivity index (χ4n) is 1.79. The second kappa shape index (κ2) is 7.02. The zero-order valence-corrected chi connectivity index (χ0v) is 16.9. The third-order valence-corrected chi connectivity index (χ3v) is 3.54. The summed E-state index contributed by atoms with van der Waals surface area (Å²) in [5, 5.41) is 0. The van der Waals surface area contributed by atoms with Gasteiger partial charge in [0.2, 0.25) is 11.6 Å². The van der Waals surface area contributed by atoms with Gasteiger partial charge in [-0.1, -0.05) is 62.3 Å². The summed E-state index contributed by atoms with van der Waals surface area (Å²) in [6.45, 7) is 21.7. The molecule has 1 unspecified atom stereocenters. The van der Waals surface area contributed by atoms with Gasteiger partial charge in [-0.25, -0.2) is 0 Å². The minimum Gasteiger partial charge on any atom is -0.348 e. The number of carbonyl (C=O) groups excluding carboxylic acids is 2. The Labute approximate surface area is 142 Å². The molecule has 0 aromatic rings. The molecule has 1 aliphatic heterocycles. The molecule has 23 heavy (non-hydrogen) atoms. The molecule has 0 radical (unpaired) electrons. The van der Waals surface area contributed by atoms with Crippen molar-refractivity contribution in [2.24, 2.45) is 16.2 Å². The Balaban J connectivity index is 0.000000422. The van der Waals surface area contributed by atoms with Crippen molar-refractivity contribution in [3.63, 3.8) is 0 Å². The highest BCUT2D eigenvalue weighted by Crippen LogP contribution is 2.33. The quantitative estimate of drug-likeness (QED) is 0.669. The highest BCUT2D eigenvalue weighted by molar-refractivity contribution is 6.40. The summed E-state index contributed by atoms with van der Waals surface area (Å²) in [6.07, 6.45) is 0.234. The average Bonchev–Trinajstić information content (AvgIpc) is 2.66. The molecular formula is C19H36O4. The Morgan fingerprint density at radius 3 is 1.30 bits per heavy atom. The van der Waals surface area contributed by atoms with Gasteiger partial charge in [-0.2, -0.15) is 0 Å². The van der Waals surface area contributed by atoms with Crippen LogP contribution in [0.3, 0.4) is 0 Å². The first-order valence-electron chi connectivity index (χ1n) is 8.29. The zero-order chi connectivity index (χ0) is 18.9. The molecule has 4 heteroatoms. The lowest BCUT2D eigenvalue weighted by atomic mass is 9.79. The predicted molar refractivity (Wildman–Crippen MR) is 93.3 cm³/mol. The molecule has 0 saturated carbocycles. The second-order valence-electron chi connectivity index (χ2n) is 9.84. The third kappa shape index (κ3) is 7.58. The fourth-order valence-corrected chi connectivity index (χ4v) is 1.79. The van der Waals surface area contributed by atoms with E-state index in [9.17, 15) is 9.59 Å². The van der Waals surface area contributed by atoms with Crippen LogP contribution in [0.4, 0.5) is 0 Å². The lowest BCUT2D eigenvalue weighted by Gasteiger charge is -2.26. The SMILES string of the molecule is CC(C)(C)C(=O)C(=O)C(C)(C)C.CC1(C)OCC(C(C)(C)C)O1. The zero-order valence-electron chi connectivity index (χ0n) is 16.9. The van der Waals surface area contributed by atoms with Crippen molar-refractivity contribution in [1.82, 2.24) is 0 Å². The van der Waals surface area contributed by atoms with E-state index < -0.39 is 10.8 Å². The summed E-state index contributed by atoms with van der Waals surface area (Å²) in [7, 11) is 0. The summed E-state index contributed by atoms with van der Waals surface area (Å²) in [5.41, 5.74) is -0.914. The third-order valence-electron chi connectivity index (χ3n) is 3.54. The maximum absolute atomic E-state index is 11.5. The van der Waals surface area contributed by atoms with E-state index >= 15 is 0 Å². The van der Waals surface area contributed by atoms with E-state index in [2.05, 4.69) is 20.8 Å². The minimum absolute atomic E-state index is 0.188. The van der Waals surface area contributed by atoms with Gasteiger partial charge in [-0.05, 0) is 19.3 Å². The summed E-state index contributed by atoms with van der Waals surface area (Å²) < 4.78 is 11.1. The molecule has 1 saturated heterocycles. The van der Waals surface area contributed by atoms with Crippen LogP contribution in [0.25, 0.3) is 0 Å². The van der Waals surface area contributed by atoms with E-state index in [1.165, 1.54) is 0 Å². The molecule has 0 bridgehead atoms. The Hall–Kier alpha value is -0.740. The largest absolute Gasteiger partial charge is 0.348 e. The molecule has 1 aliphatic rings. The van der Waals surface area contributed by atoms with Gasteiger partial charge in [0.15, 0.2) is 5.79 Å². The van der Waals surface area contributed by atoms with E-state index in [1.807, 2.05) is 13.8 Å². The Bertz CT molecular complexity index is 404. The minimum atomic E-state index is -0.551. The van der Waals surface area contributed by atoms with Crippen LogP contribution in [-0.4, -0.2) is 30.1 Å². The molecule has 136 valence electrons. The van der Waals surface area contributed by atoms with Gasteiger partial charge in [-0.15, -0.1) is 0 Å². The molecule has 0 N–H and O–H groups in total. The van der Waals surface area contributed by atoms with Crippen LogP contribution >= 0.6 is 0 Å². The van der Waals surface area contributed by atoms with Crippen LogP contribution in [-0.2, 0) is 19.1 Å². The first kappa shape index (κ1) is 22.3. The van der Waals surface area contributed by atoms with Crippen molar-refractivity contribution in [3.05, 3.63) is 0 Å². The van der Waals surface area contributed by atoms with Gasteiger partial charge in [0.05, 0.1) is 12.7 Å². The van der Waals surface area contributed by atoms with Crippen LogP contribution in [0.2, 0.25) is 0 Å². The number of hydrogen-bond donors (Lipinski definition) is 0. The predicted octanol–water partition coefficient (Wildman–Crippen LogP) is 4.40. The number of ether oxygens (including phenoxy) is 2. The first-order chi connectivity index (χ1) is 9.88. The standard InChI is InChI=1S/C10H18O2.C9H18O2/c1-9(2,3)7(11)8(12)10(4,5)6;1-8(2,3)7-6-10-9(4,5)11-7/h1-6H3;7H,6H2,1-5H3. The van der Waals surface area contributed by atoms with Crippen molar-refractivity contribution in [1.29, 1.82) is 0 Å². The number of rotatable bonds is 1. The molecule has 1 rings (SSSR count). The number of hydrogen-bond acceptors (Lipinski definition) is 4. The highest BCUT2D eigenvalue weighted by Gasteiger charge is 2.39. The molecule has 0 aromatic carbocycles. The molecule has 1 fully saturated rings. The summed E-state index contributed by atoms with van der Waals surface area (Å²) in [4.78, 5) is 22.9. The number of Topliss-reactive ketones (excluding diaryl/α,β-unsaturated/α-hetero) is 2. The van der Waals surface area contributed by atoms with Gasteiger partial charge in [-0.3, -0.25) is 9.59 Å². The monoisotopic (exact) mass is 328 g/mol. The van der Waals surface area contributed by atoms with Gasteiger partial charge < -0.3 is 9.47 Å². The molecular weight excluding hydrogens is 292 g/mol. The van der Waals surface area contributed by atoms with E-state index in [0.717, 1.165) is 6.61 Å².